The summed E-state index contributed by atoms with van der Waals surface area (Å²) in [4.78, 5) is 13.4. The van der Waals surface area contributed by atoms with Crippen molar-refractivity contribution >= 4 is 17.5 Å². The van der Waals surface area contributed by atoms with Crippen LogP contribution in [0.2, 0.25) is 0 Å². The normalized spacial score (nSPS) is 11.2. The zero-order valence-corrected chi connectivity index (χ0v) is 9.95. The third-order valence-electron chi connectivity index (χ3n) is 2.21. The van der Waals surface area contributed by atoms with Crippen LogP contribution in [0.5, 0.6) is 0 Å². The van der Waals surface area contributed by atoms with Crippen LogP contribution in [0.1, 0.15) is 23.1 Å². The van der Waals surface area contributed by atoms with E-state index < -0.39 is 0 Å². The van der Waals surface area contributed by atoms with Gasteiger partial charge in [0.2, 0.25) is 0 Å². The molecule has 88 valence electrons. The maximum Gasteiger partial charge on any atom is 0.182 e. The highest BCUT2D eigenvalue weighted by Gasteiger charge is 2.12. The minimum absolute atomic E-state index is 0.131. The third-order valence-corrected chi connectivity index (χ3v) is 2.21. The number of carbonyl (C=O) groups excluding carboxylic acids is 1. The molecule has 0 N–H and O–H groups in total. The zero-order chi connectivity index (χ0) is 12.4. The number of rotatable bonds is 3. The molecule has 0 aliphatic heterocycles. The van der Waals surface area contributed by atoms with E-state index in [2.05, 4.69) is 15.3 Å². The molecule has 0 bridgehead atoms. The lowest BCUT2D eigenvalue weighted by molar-refractivity contribution is 0.101. The van der Waals surface area contributed by atoms with E-state index in [1.807, 2.05) is 25.2 Å². The van der Waals surface area contributed by atoms with Gasteiger partial charge in [-0.2, -0.15) is 5.10 Å². The number of Topliss-reactive ketones (excluding diaryl/α,β-unsaturated/α-hetero) is 1. The molecule has 0 aliphatic carbocycles. The van der Waals surface area contributed by atoms with Crippen molar-refractivity contribution < 1.29 is 4.79 Å². The van der Waals surface area contributed by atoms with Gasteiger partial charge < -0.3 is 4.90 Å². The molecule has 0 unspecified atom stereocenters. The molecule has 0 radical (unpaired) electrons. The van der Waals surface area contributed by atoms with Gasteiger partial charge in [0.15, 0.2) is 17.1 Å². The van der Waals surface area contributed by atoms with Crippen LogP contribution in [0.25, 0.3) is 11.7 Å². The van der Waals surface area contributed by atoms with Gasteiger partial charge in [0.25, 0.3) is 0 Å². The molecule has 6 heteroatoms. The quantitative estimate of drug-likeness (QED) is 0.733. The monoisotopic (exact) mass is 231 g/mol. The number of hydrogen-bond donors (Lipinski definition) is 0. The number of fused-ring (bicyclic) bond motifs is 1. The van der Waals surface area contributed by atoms with Gasteiger partial charge in [-0.1, -0.05) is 0 Å². The van der Waals surface area contributed by atoms with Gasteiger partial charge in [0.1, 0.15) is 0 Å². The summed E-state index contributed by atoms with van der Waals surface area (Å²) in [6, 6.07) is 1.74. The Hall–Kier alpha value is -2.24. The van der Waals surface area contributed by atoms with Gasteiger partial charge in [-0.25, -0.2) is 4.52 Å². The minimum Gasteiger partial charge on any atom is -0.383 e. The van der Waals surface area contributed by atoms with Crippen molar-refractivity contribution in [2.45, 2.75) is 6.92 Å². The van der Waals surface area contributed by atoms with Crippen molar-refractivity contribution in [3.63, 3.8) is 0 Å². The summed E-state index contributed by atoms with van der Waals surface area (Å²) in [6.07, 6.45) is 5.26. The smallest absolute Gasteiger partial charge is 0.182 e. The Kier molecular flexibility index (Phi) is 2.86. The van der Waals surface area contributed by atoms with Gasteiger partial charge in [0, 0.05) is 33.3 Å². The topological polar surface area (TPSA) is 63.4 Å². The summed E-state index contributed by atoms with van der Waals surface area (Å²) in [7, 11) is 3.80. The molecule has 0 saturated heterocycles. The van der Waals surface area contributed by atoms with E-state index in [1.165, 1.54) is 6.92 Å². The van der Waals surface area contributed by atoms with Crippen LogP contribution in [0, 0.1) is 0 Å². The van der Waals surface area contributed by atoms with Gasteiger partial charge in [0.05, 0.1) is 11.9 Å². The first-order chi connectivity index (χ1) is 8.09. The summed E-state index contributed by atoms with van der Waals surface area (Å²) in [6.45, 7) is 1.46. The van der Waals surface area contributed by atoms with Crippen LogP contribution >= 0.6 is 0 Å². The Balaban J connectivity index is 2.65. The van der Waals surface area contributed by atoms with E-state index in [9.17, 15) is 4.79 Å². The molecule has 2 heterocycles. The molecule has 0 fully saturated rings. The largest absolute Gasteiger partial charge is 0.383 e. The first-order valence-corrected chi connectivity index (χ1v) is 5.15. The predicted octanol–water partition coefficient (Wildman–Crippen LogP) is 0.859. The standard InChI is InChI=1S/C11H13N5O/c1-8(17)11-9(5-7-15(2)3)16-10(13-14-11)4-6-12-16/h4-7H,1-3H3/b7-5+. The van der Waals surface area contributed by atoms with Gasteiger partial charge >= 0.3 is 0 Å². The first kappa shape index (κ1) is 11.3. The SMILES string of the molecule is CC(=O)c1nnc2ccnn2c1/C=C/N(C)C. The highest BCUT2D eigenvalue weighted by Crippen LogP contribution is 2.10. The average molecular weight is 231 g/mol. The summed E-state index contributed by atoms with van der Waals surface area (Å²) < 4.78 is 1.60. The summed E-state index contributed by atoms with van der Waals surface area (Å²) in [5.41, 5.74) is 1.58. The third kappa shape index (κ3) is 2.15. The fourth-order valence-electron chi connectivity index (χ4n) is 1.43. The van der Waals surface area contributed by atoms with E-state index in [0.717, 1.165) is 0 Å². The van der Waals surface area contributed by atoms with Crippen molar-refractivity contribution in [3.8, 4) is 0 Å². The molecule has 2 aromatic heterocycles. The summed E-state index contributed by atoms with van der Waals surface area (Å²) >= 11 is 0. The molecule has 0 aromatic carbocycles. The second kappa shape index (κ2) is 4.32. The Labute approximate surface area is 98.6 Å². The lowest BCUT2D eigenvalue weighted by atomic mass is 10.2. The lowest BCUT2D eigenvalue weighted by Gasteiger charge is -2.06. The number of carbonyl (C=O) groups is 1. The van der Waals surface area contributed by atoms with Crippen molar-refractivity contribution in [3.05, 3.63) is 29.9 Å². The summed E-state index contributed by atoms with van der Waals surface area (Å²) in [5, 5.41) is 12.0. The molecule has 0 spiro atoms. The number of aromatic nitrogens is 4. The number of ketones is 1. The maximum absolute atomic E-state index is 11.5. The number of nitrogens with zero attached hydrogens (tertiary/aromatic N) is 5. The maximum atomic E-state index is 11.5. The Morgan fingerprint density at radius 3 is 2.82 bits per heavy atom. The van der Waals surface area contributed by atoms with E-state index in [-0.39, 0.29) is 5.78 Å². The molecule has 0 atom stereocenters. The predicted molar refractivity (Wildman–Crippen MR) is 63.5 cm³/mol. The van der Waals surface area contributed by atoms with E-state index >= 15 is 0 Å². The highest BCUT2D eigenvalue weighted by atomic mass is 16.1. The van der Waals surface area contributed by atoms with Gasteiger partial charge in [-0.3, -0.25) is 4.79 Å². The second-order valence-electron chi connectivity index (χ2n) is 3.87. The lowest BCUT2D eigenvalue weighted by Crippen LogP contribution is -2.10. The average Bonchev–Trinajstić information content (AvgIpc) is 2.73. The molecular weight excluding hydrogens is 218 g/mol. The van der Waals surface area contributed by atoms with Crippen molar-refractivity contribution in [1.82, 2.24) is 24.7 Å². The van der Waals surface area contributed by atoms with E-state index in [4.69, 9.17) is 0 Å². The van der Waals surface area contributed by atoms with Crippen molar-refractivity contribution in [2.75, 3.05) is 14.1 Å². The second-order valence-corrected chi connectivity index (χ2v) is 3.87. The molecule has 6 nitrogen and oxygen atoms in total. The Morgan fingerprint density at radius 1 is 1.41 bits per heavy atom. The Morgan fingerprint density at radius 2 is 2.18 bits per heavy atom. The van der Waals surface area contributed by atoms with Crippen LogP contribution in [-0.4, -0.2) is 44.6 Å². The molecule has 0 amide bonds. The molecule has 2 aromatic rings. The van der Waals surface area contributed by atoms with Crippen LogP contribution in [-0.2, 0) is 0 Å². The van der Waals surface area contributed by atoms with E-state index in [1.54, 1.807) is 22.9 Å². The van der Waals surface area contributed by atoms with Gasteiger partial charge in [-0.15, -0.1) is 10.2 Å². The minimum atomic E-state index is -0.131. The fraction of sp³-hybridized carbons (Fsp3) is 0.273. The van der Waals surface area contributed by atoms with Crippen LogP contribution in [0.3, 0.4) is 0 Å². The van der Waals surface area contributed by atoms with Gasteiger partial charge in [-0.05, 0) is 6.08 Å². The molecule has 0 aliphatic rings. The molecular formula is C11H13N5O. The Bertz CT molecular complexity index is 585. The van der Waals surface area contributed by atoms with Crippen molar-refractivity contribution in [2.24, 2.45) is 0 Å². The molecule has 0 saturated carbocycles. The van der Waals surface area contributed by atoms with Crippen LogP contribution in [0.15, 0.2) is 18.5 Å². The molecule has 2 rings (SSSR count). The van der Waals surface area contributed by atoms with E-state index in [0.29, 0.717) is 17.0 Å². The molecule has 17 heavy (non-hydrogen) atoms. The fourth-order valence-corrected chi connectivity index (χ4v) is 1.43. The number of hydrogen-bond acceptors (Lipinski definition) is 5. The highest BCUT2D eigenvalue weighted by molar-refractivity contribution is 5.95. The zero-order valence-electron chi connectivity index (χ0n) is 9.95. The van der Waals surface area contributed by atoms with Crippen LogP contribution < -0.4 is 0 Å². The first-order valence-electron chi connectivity index (χ1n) is 5.15. The van der Waals surface area contributed by atoms with Crippen LogP contribution in [0.4, 0.5) is 0 Å². The summed E-state index contributed by atoms with van der Waals surface area (Å²) in [5.74, 6) is -0.131. The van der Waals surface area contributed by atoms with Crippen molar-refractivity contribution in [1.29, 1.82) is 0 Å².